The molecular weight excluding hydrogens is 264 g/mol. The smallest absolute Gasteiger partial charge is 0.315 e. The number of halogens is 2. The first-order chi connectivity index (χ1) is 9.54. The summed E-state index contributed by atoms with van der Waals surface area (Å²) in [7, 11) is 0. The van der Waals surface area contributed by atoms with Gasteiger partial charge < -0.3 is 10.6 Å². The van der Waals surface area contributed by atoms with Crippen LogP contribution in [0.4, 0.5) is 13.6 Å². The van der Waals surface area contributed by atoms with Gasteiger partial charge in [-0.05, 0) is 31.6 Å². The number of rotatable bonds is 4. The van der Waals surface area contributed by atoms with Crippen LogP contribution in [0.25, 0.3) is 0 Å². The molecule has 0 spiro atoms. The molecule has 0 bridgehead atoms. The first kappa shape index (κ1) is 15.5. The largest absolute Gasteiger partial charge is 0.335 e. The van der Waals surface area contributed by atoms with Crippen LogP contribution in [-0.2, 0) is 0 Å². The predicted octanol–water partition coefficient (Wildman–Crippen LogP) is 2.20. The van der Waals surface area contributed by atoms with Gasteiger partial charge in [0.2, 0.25) is 0 Å². The van der Waals surface area contributed by atoms with E-state index < -0.39 is 6.43 Å². The van der Waals surface area contributed by atoms with Gasteiger partial charge in [-0.2, -0.15) is 0 Å². The maximum Gasteiger partial charge on any atom is 0.315 e. The van der Waals surface area contributed by atoms with Crippen molar-refractivity contribution >= 4 is 6.03 Å². The Hall–Kier alpha value is -0.910. The summed E-state index contributed by atoms with van der Waals surface area (Å²) in [6, 6.07) is 0.297. The average Bonchev–Trinajstić information content (AvgIpc) is 2.77. The lowest BCUT2D eigenvalue weighted by Gasteiger charge is -2.32. The monoisotopic (exact) mass is 289 g/mol. The summed E-state index contributed by atoms with van der Waals surface area (Å²) in [5, 5.41) is 6.01. The number of nitrogens with one attached hydrogen (secondary N) is 2. The van der Waals surface area contributed by atoms with Crippen LogP contribution >= 0.6 is 0 Å². The van der Waals surface area contributed by atoms with E-state index in [1.165, 1.54) is 12.8 Å². The maximum atomic E-state index is 12.3. The third-order valence-electron chi connectivity index (χ3n) is 4.50. The summed E-state index contributed by atoms with van der Waals surface area (Å²) in [5.41, 5.74) is 0. The molecule has 2 amide bonds. The van der Waals surface area contributed by atoms with E-state index in [2.05, 4.69) is 17.6 Å². The van der Waals surface area contributed by atoms with Crippen LogP contribution in [0.5, 0.6) is 0 Å². The fraction of sp³-hybridized carbons (Fsp3) is 0.929. The molecule has 4 nitrogen and oxygen atoms in total. The van der Waals surface area contributed by atoms with Gasteiger partial charge in [0.05, 0.1) is 6.54 Å². The van der Waals surface area contributed by atoms with E-state index in [4.69, 9.17) is 0 Å². The molecule has 2 fully saturated rings. The second-order valence-corrected chi connectivity index (χ2v) is 6.10. The number of carbonyl (C=O) groups is 1. The van der Waals surface area contributed by atoms with Gasteiger partial charge in [-0.3, -0.25) is 4.90 Å². The van der Waals surface area contributed by atoms with Crippen LogP contribution < -0.4 is 10.6 Å². The van der Waals surface area contributed by atoms with E-state index in [0.29, 0.717) is 19.0 Å². The molecule has 1 aliphatic carbocycles. The molecule has 0 aromatic rings. The summed E-state index contributed by atoms with van der Waals surface area (Å²) in [6.45, 7) is 3.28. The van der Waals surface area contributed by atoms with Crippen LogP contribution in [0.1, 0.15) is 39.0 Å². The average molecular weight is 289 g/mol. The highest BCUT2D eigenvalue weighted by Gasteiger charge is 2.26. The van der Waals surface area contributed by atoms with Crippen molar-refractivity contribution in [2.24, 2.45) is 5.92 Å². The molecule has 1 saturated carbocycles. The number of hydrogen-bond donors (Lipinski definition) is 2. The second kappa shape index (κ2) is 7.20. The molecule has 2 rings (SSSR count). The maximum absolute atomic E-state index is 12.3. The van der Waals surface area contributed by atoms with Crippen LogP contribution in [0.15, 0.2) is 0 Å². The highest BCUT2D eigenvalue weighted by molar-refractivity contribution is 5.74. The van der Waals surface area contributed by atoms with Crippen molar-refractivity contribution in [2.45, 2.75) is 57.5 Å². The van der Waals surface area contributed by atoms with Crippen LogP contribution in [-0.4, -0.2) is 49.1 Å². The molecule has 1 heterocycles. The van der Waals surface area contributed by atoms with E-state index in [9.17, 15) is 13.6 Å². The molecule has 116 valence electrons. The third kappa shape index (κ3) is 4.58. The highest BCUT2D eigenvalue weighted by Crippen LogP contribution is 2.24. The molecule has 2 atom stereocenters. The Bertz CT molecular complexity index is 320. The normalized spacial score (nSPS) is 28.8. The minimum absolute atomic E-state index is 0.101. The zero-order valence-corrected chi connectivity index (χ0v) is 12.1. The molecule has 0 aromatic heterocycles. The van der Waals surface area contributed by atoms with Gasteiger partial charge >= 0.3 is 6.03 Å². The number of nitrogens with zero attached hydrogens (tertiary/aromatic N) is 1. The van der Waals surface area contributed by atoms with Gasteiger partial charge in [0.1, 0.15) is 0 Å². The Kier molecular flexibility index (Phi) is 5.57. The van der Waals surface area contributed by atoms with Crippen molar-refractivity contribution < 1.29 is 13.6 Å². The molecule has 6 heteroatoms. The van der Waals surface area contributed by atoms with Crippen LogP contribution in [0.2, 0.25) is 0 Å². The molecule has 2 aliphatic rings. The van der Waals surface area contributed by atoms with Gasteiger partial charge in [-0.15, -0.1) is 0 Å². The molecular formula is C14H25F2N3O. The Morgan fingerprint density at radius 1 is 1.20 bits per heavy atom. The fourth-order valence-corrected chi connectivity index (χ4v) is 3.21. The number of carbonyl (C=O) groups excluding carboxylic acids is 1. The zero-order chi connectivity index (χ0) is 14.5. The SMILES string of the molecule is C[C@@H]1CCC[C@H]1NC(=O)NC1CCN(CC(F)F)CC1. The van der Waals surface area contributed by atoms with Crippen molar-refractivity contribution in [3.63, 3.8) is 0 Å². The summed E-state index contributed by atoms with van der Waals surface area (Å²) < 4.78 is 24.5. The minimum Gasteiger partial charge on any atom is -0.335 e. The molecule has 0 unspecified atom stereocenters. The van der Waals surface area contributed by atoms with E-state index in [1.807, 2.05) is 0 Å². The van der Waals surface area contributed by atoms with Gasteiger partial charge in [0, 0.05) is 25.2 Å². The Morgan fingerprint density at radius 3 is 2.45 bits per heavy atom. The first-order valence-electron chi connectivity index (χ1n) is 7.62. The second-order valence-electron chi connectivity index (χ2n) is 6.10. The van der Waals surface area contributed by atoms with Crippen LogP contribution in [0, 0.1) is 5.92 Å². The van der Waals surface area contributed by atoms with Crippen molar-refractivity contribution in [3.8, 4) is 0 Å². The Morgan fingerprint density at radius 2 is 1.90 bits per heavy atom. The van der Waals surface area contributed by atoms with Gasteiger partial charge in [-0.25, -0.2) is 13.6 Å². The van der Waals surface area contributed by atoms with Gasteiger partial charge in [0.25, 0.3) is 6.43 Å². The number of alkyl halides is 2. The summed E-state index contributed by atoms with van der Waals surface area (Å²) >= 11 is 0. The lowest BCUT2D eigenvalue weighted by atomic mass is 10.0. The van der Waals surface area contributed by atoms with E-state index in [0.717, 1.165) is 19.3 Å². The molecule has 1 aliphatic heterocycles. The summed E-state index contributed by atoms with van der Waals surface area (Å²) in [6.07, 6.45) is 2.64. The summed E-state index contributed by atoms with van der Waals surface area (Å²) in [4.78, 5) is 13.7. The quantitative estimate of drug-likeness (QED) is 0.833. The van der Waals surface area contributed by atoms with Crippen molar-refractivity contribution in [1.82, 2.24) is 15.5 Å². The van der Waals surface area contributed by atoms with Crippen molar-refractivity contribution in [1.29, 1.82) is 0 Å². The minimum atomic E-state index is -2.27. The van der Waals surface area contributed by atoms with Crippen molar-refractivity contribution in [2.75, 3.05) is 19.6 Å². The Balaban J connectivity index is 1.66. The number of piperidine rings is 1. The van der Waals surface area contributed by atoms with E-state index in [1.54, 1.807) is 4.90 Å². The van der Waals surface area contributed by atoms with Crippen LogP contribution in [0.3, 0.4) is 0 Å². The Labute approximate surface area is 119 Å². The molecule has 0 aromatic carbocycles. The standard InChI is InChI=1S/C14H25F2N3O/c1-10-3-2-4-12(10)18-14(20)17-11-5-7-19(8-6-11)9-13(15)16/h10-13H,2-9H2,1H3,(H2,17,18,20)/t10-,12-/m1/s1. The lowest BCUT2D eigenvalue weighted by Crippen LogP contribution is -2.50. The number of hydrogen-bond acceptors (Lipinski definition) is 2. The first-order valence-corrected chi connectivity index (χ1v) is 7.62. The van der Waals surface area contributed by atoms with Gasteiger partial charge in [0.15, 0.2) is 0 Å². The summed E-state index contributed by atoms with van der Waals surface area (Å²) in [5.74, 6) is 0.550. The number of urea groups is 1. The molecule has 20 heavy (non-hydrogen) atoms. The number of likely N-dealkylation sites (tertiary alicyclic amines) is 1. The van der Waals surface area contributed by atoms with Crippen molar-refractivity contribution in [3.05, 3.63) is 0 Å². The zero-order valence-electron chi connectivity index (χ0n) is 12.1. The fourth-order valence-electron chi connectivity index (χ4n) is 3.21. The molecule has 0 radical (unpaired) electrons. The number of amides is 2. The van der Waals surface area contributed by atoms with Gasteiger partial charge in [-0.1, -0.05) is 13.3 Å². The van der Waals surface area contributed by atoms with E-state index in [-0.39, 0.29) is 24.7 Å². The third-order valence-corrected chi connectivity index (χ3v) is 4.50. The highest BCUT2D eigenvalue weighted by atomic mass is 19.3. The lowest BCUT2D eigenvalue weighted by molar-refractivity contribution is 0.0736. The predicted molar refractivity (Wildman–Crippen MR) is 73.9 cm³/mol. The molecule has 1 saturated heterocycles. The van der Waals surface area contributed by atoms with E-state index >= 15 is 0 Å². The molecule has 2 N–H and O–H groups in total. The topological polar surface area (TPSA) is 44.4 Å².